The van der Waals surface area contributed by atoms with Gasteiger partial charge in [0, 0.05) is 6.20 Å². The van der Waals surface area contributed by atoms with E-state index in [2.05, 4.69) is 15.3 Å². The first-order valence-corrected chi connectivity index (χ1v) is 4.80. The minimum atomic E-state index is 1.04. The fourth-order valence-corrected chi connectivity index (χ4v) is 2.02. The van der Waals surface area contributed by atoms with Crippen LogP contribution < -0.4 is 0 Å². The SMILES string of the molecule is [c]1cnc(CN2CCCC2)s1. The van der Waals surface area contributed by atoms with Gasteiger partial charge in [-0.3, -0.25) is 4.90 Å². The molecular formula is C8H11N2S. The van der Waals surface area contributed by atoms with Crippen LogP contribution in [0.15, 0.2) is 6.20 Å². The Morgan fingerprint density at radius 2 is 2.36 bits per heavy atom. The van der Waals surface area contributed by atoms with Gasteiger partial charge in [0.2, 0.25) is 0 Å². The summed E-state index contributed by atoms with van der Waals surface area (Å²) in [5.41, 5.74) is 0. The maximum Gasteiger partial charge on any atom is 0.107 e. The van der Waals surface area contributed by atoms with Gasteiger partial charge in [-0.1, -0.05) is 0 Å². The summed E-state index contributed by atoms with van der Waals surface area (Å²) < 4.78 is 0. The smallest absolute Gasteiger partial charge is 0.107 e. The molecule has 1 aliphatic heterocycles. The molecule has 3 heteroatoms. The van der Waals surface area contributed by atoms with Gasteiger partial charge in [0.15, 0.2) is 0 Å². The molecular weight excluding hydrogens is 156 g/mol. The Hall–Kier alpha value is -0.410. The van der Waals surface area contributed by atoms with E-state index in [4.69, 9.17) is 0 Å². The summed E-state index contributed by atoms with van der Waals surface area (Å²) in [6.07, 6.45) is 4.47. The lowest BCUT2D eigenvalue weighted by Gasteiger charge is -2.11. The molecule has 0 bridgehead atoms. The molecule has 1 aliphatic rings. The summed E-state index contributed by atoms with van der Waals surface area (Å²) in [5.74, 6) is 0. The molecule has 1 fully saturated rings. The molecule has 0 atom stereocenters. The summed E-state index contributed by atoms with van der Waals surface area (Å²) in [6, 6.07) is 0. The molecule has 0 N–H and O–H groups in total. The lowest BCUT2D eigenvalue weighted by molar-refractivity contribution is 0.331. The molecule has 2 rings (SSSR count). The number of hydrogen-bond acceptors (Lipinski definition) is 3. The van der Waals surface area contributed by atoms with Crippen LogP contribution in [0.25, 0.3) is 0 Å². The third kappa shape index (κ3) is 1.79. The maximum atomic E-state index is 4.20. The molecule has 0 spiro atoms. The molecule has 0 amide bonds. The molecule has 59 valence electrons. The van der Waals surface area contributed by atoms with E-state index in [1.54, 1.807) is 17.5 Å². The van der Waals surface area contributed by atoms with Crippen molar-refractivity contribution in [1.29, 1.82) is 0 Å². The lowest BCUT2D eigenvalue weighted by Crippen LogP contribution is -2.17. The van der Waals surface area contributed by atoms with Crippen molar-refractivity contribution < 1.29 is 0 Å². The standard InChI is InChI=1S/C8H11N2S/c1-2-5-10(4-1)7-8-9-3-6-11-8/h3H,1-2,4-5,7H2. The van der Waals surface area contributed by atoms with E-state index in [0.717, 1.165) is 6.54 Å². The Morgan fingerprint density at radius 3 is 3.00 bits per heavy atom. The van der Waals surface area contributed by atoms with Gasteiger partial charge < -0.3 is 0 Å². The van der Waals surface area contributed by atoms with Crippen LogP contribution in [0.5, 0.6) is 0 Å². The molecule has 11 heavy (non-hydrogen) atoms. The number of likely N-dealkylation sites (tertiary alicyclic amines) is 1. The van der Waals surface area contributed by atoms with E-state index < -0.39 is 0 Å². The summed E-state index contributed by atoms with van der Waals surface area (Å²) in [7, 11) is 0. The summed E-state index contributed by atoms with van der Waals surface area (Å²) in [6.45, 7) is 3.54. The first-order chi connectivity index (χ1) is 5.45. The lowest BCUT2D eigenvalue weighted by atomic mass is 10.4. The first-order valence-electron chi connectivity index (χ1n) is 3.98. The number of rotatable bonds is 2. The molecule has 2 heterocycles. The molecule has 0 aromatic carbocycles. The second-order valence-corrected chi connectivity index (χ2v) is 3.77. The van der Waals surface area contributed by atoms with E-state index in [1.165, 1.54) is 30.9 Å². The van der Waals surface area contributed by atoms with Crippen molar-refractivity contribution in [3.8, 4) is 0 Å². The zero-order chi connectivity index (χ0) is 7.52. The monoisotopic (exact) mass is 167 g/mol. The van der Waals surface area contributed by atoms with Crippen molar-refractivity contribution in [1.82, 2.24) is 9.88 Å². The second-order valence-electron chi connectivity index (χ2n) is 2.86. The molecule has 1 aromatic heterocycles. The van der Waals surface area contributed by atoms with Crippen molar-refractivity contribution in [3.05, 3.63) is 16.6 Å². The largest absolute Gasteiger partial charge is 0.297 e. The number of aromatic nitrogens is 1. The summed E-state index contributed by atoms with van der Waals surface area (Å²) >= 11 is 1.63. The minimum Gasteiger partial charge on any atom is -0.297 e. The minimum absolute atomic E-state index is 1.04. The van der Waals surface area contributed by atoms with Gasteiger partial charge in [0.05, 0.1) is 11.9 Å². The number of hydrogen-bond donors (Lipinski definition) is 0. The highest BCUT2D eigenvalue weighted by atomic mass is 32.1. The van der Waals surface area contributed by atoms with Crippen LogP contribution in [0.4, 0.5) is 0 Å². The normalized spacial score (nSPS) is 19.3. The number of thiazole rings is 1. The van der Waals surface area contributed by atoms with Crippen LogP contribution in [0.1, 0.15) is 17.8 Å². The predicted molar refractivity (Wildman–Crippen MR) is 45.5 cm³/mol. The van der Waals surface area contributed by atoms with Gasteiger partial charge in [-0.05, 0) is 25.9 Å². The predicted octanol–water partition coefficient (Wildman–Crippen LogP) is 1.54. The van der Waals surface area contributed by atoms with Crippen molar-refractivity contribution in [3.63, 3.8) is 0 Å². The molecule has 0 aliphatic carbocycles. The third-order valence-electron chi connectivity index (χ3n) is 2.00. The maximum absolute atomic E-state index is 4.20. The van der Waals surface area contributed by atoms with Crippen LogP contribution in [0, 0.1) is 5.38 Å². The van der Waals surface area contributed by atoms with Gasteiger partial charge in [0.25, 0.3) is 0 Å². The van der Waals surface area contributed by atoms with Crippen LogP contribution in [-0.4, -0.2) is 23.0 Å². The highest BCUT2D eigenvalue weighted by molar-refractivity contribution is 7.09. The van der Waals surface area contributed by atoms with E-state index in [-0.39, 0.29) is 0 Å². The second kappa shape index (κ2) is 3.32. The van der Waals surface area contributed by atoms with Crippen LogP contribution >= 0.6 is 11.3 Å². The fraction of sp³-hybridized carbons (Fsp3) is 0.625. The van der Waals surface area contributed by atoms with Crippen molar-refractivity contribution in [2.24, 2.45) is 0 Å². The third-order valence-corrected chi connectivity index (χ3v) is 2.69. The Kier molecular flexibility index (Phi) is 2.19. The summed E-state index contributed by atoms with van der Waals surface area (Å²) in [4.78, 5) is 6.65. The topological polar surface area (TPSA) is 16.1 Å². The van der Waals surface area contributed by atoms with E-state index in [0.29, 0.717) is 0 Å². The van der Waals surface area contributed by atoms with Gasteiger partial charge >= 0.3 is 0 Å². The molecule has 1 radical (unpaired) electrons. The molecule has 2 nitrogen and oxygen atoms in total. The number of nitrogens with zero attached hydrogens (tertiary/aromatic N) is 2. The Bertz CT molecular complexity index is 202. The molecule has 1 aromatic rings. The Labute approximate surface area is 70.9 Å². The average molecular weight is 167 g/mol. The van der Waals surface area contributed by atoms with E-state index >= 15 is 0 Å². The van der Waals surface area contributed by atoms with Crippen molar-refractivity contribution in [2.45, 2.75) is 19.4 Å². The van der Waals surface area contributed by atoms with Crippen LogP contribution in [0.3, 0.4) is 0 Å². The first kappa shape index (κ1) is 7.25. The van der Waals surface area contributed by atoms with Crippen LogP contribution in [-0.2, 0) is 6.54 Å². The quantitative estimate of drug-likeness (QED) is 0.664. The van der Waals surface area contributed by atoms with Crippen LogP contribution in [0.2, 0.25) is 0 Å². The zero-order valence-corrected chi connectivity index (χ0v) is 7.23. The molecule has 1 saturated heterocycles. The van der Waals surface area contributed by atoms with E-state index in [1.807, 2.05) is 0 Å². The highest BCUT2D eigenvalue weighted by Crippen LogP contribution is 2.13. The Balaban J connectivity index is 1.90. The fourth-order valence-electron chi connectivity index (χ4n) is 1.42. The van der Waals surface area contributed by atoms with E-state index in [9.17, 15) is 0 Å². The molecule has 0 unspecified atom stereocenters. The Morgan fingerprint density at radius 1 is 1.55 bits per heavy atom. The molecule has 0 saturated carbocycles. The zero-order valence-electron chi connectivity index (χ0n) is 6.42. The van der Waals surface area contributed by atoms with Crippen molar-refractivity contribution in [2.75, 3.05) is 13.1 Å². The van der Waals surface area contributed by atoms with Crippen molar-refractivity contribution >= 4 is 11.3 Å². The van der Waals surface area contributed by atoms with Gasteiger partial charge in [-0.25, -0.2) is 4.98 Å². The van der Waals surface area contributed by atoms with Gasteiger partial charge in [0.1, 0.15) is 5.01 Å². The summed E-state index contributed by atoms with van der Waals surface area (Å²) in [5, 5.41) is 4.21. The van der Waals surface area contributed by atoms with Gasteiger partial charge in [-0.15, -0.1) is 11.3 Å². The van der Waals surface area contributed by atoms with Gasteiger partial charge in [-0.2, -0.15) is 0 Å². The highest BCUT2D eigenvalue weighted by Gasteiger charge is 2.12. The average Bonchev–Trinajstić information content (AvgIpc) is 2.60.